The van der Waals surface area contributed by atoms with Gasteiger partial charge >= 0.3 is 12.0 Å². The summed E-state index contributed by atoms with van der Waals surface area (Å²) in [4.78, 5) is 38.7. The second kappa shape index (κ2) is 7.22. The van der Waals surface area contributed by atoms with Gasteiger partial charge < -0.3 is 21.1 Å². The van der Waals surface area contributed by atoms with E-state index in [4.69, 9.17) is 10.8 Å². The van der Waals surface area contributed by atoms with Gasteiger partial charge in [0.2, 0.25) is 5.91 Å². The summed E-state index contributed by atoms with van der Waals surface area (Å²) >= 11 is 0. The predicted octanol–water partition coefficient (Wildman–Crippen LogP) is 0.755. The number of anilines is 1. The second-order valence-corrected chi connectivity index (χ2v) is 4.91. The van der Waals surface area contributed by atoms with Crippen LogP contribution in [0.2, 0.25) is 0 Å². The number of rotatable bonds is 6. The summed E-state index contributed by atoms with van der Waals surface area (Å²) in [5.74, 6) is -1.59. The molecule has 1 aromatic rings. The number of carboxylic acids is 1. The van der Waals surface area contributed by atoms with Gasteiger partial charge in [-0.05, 0) is 18.1 Å². The number of urea groups is 1. The van der Waals surface area contributed by atoms with Crippen molar-refractivity contribution >= 4 is 23.6 Å². The maximum absolute atomic E-state index is 12.1. The highest BCUT2D eigenvalue weighted by molar-refractivity contribution is 5.92. The van der Waals surface area contributed by atoms with Crippen LogP contribution in [-0.4, -0.2) is 46.0 Å². The molecule has 1 heterocycles. The Balaban J connectivity index is 2.75. The molecule has 0 unspecified atom stereocenters. The number of nitrogens with zero attached hydrogens (tertiary/aromatic N) is 2. The van der Waals surface area contributed by atoms with Crippen molar-refractivity contribution in [2.75, 3.05) is 18.4 Å². The molecule has 0 saturated carbocycles. The normalized spacial score (nSPS) is 10.2. The van der Waals surface area contributed by atoms with Crippen molar-refractivity contribution in [3.05, 3.63) is 24.0 Å². The first-order chi connectivity index (χ1) is 9.79. The standard InChI is InChI=1S/C13H18N4O4/c1-8(2)6-17(7-11(14)18)13(21)16-9-3-4-10(12(19)20)15-5-9/h3-5,8H,6-7H2,1-2H3,(H2,14,18)(H,16,21)(H,19,20). The van der Waals surface area contributed by atoms with Crippen LogP contribution in [0.4, 0.5) is 10.5 Å². The fraction of sp³-hybridized carbons (Fsp3) is 0.385. The van der Waals surface area contributed by atoms with Crippen LogP contribution in [0, 0.1) is 5.92 Å². The van der Waals surface area contributed by atoms with Crippen molar-refractivity contribution in [1.29, 1.82) is 0 Å². The van der Waals surface area contributed by atoms with Crippen LogP contribution in [0.1, 0.15) is 24.3 Å². The van der Waals surface area contributed by atoms with E-state index in [-0.39, 0.29) is 18.2 Å². The number of amides is 3. The molecule has 0 aliphatic carbocycles. The van der Waals surface area contributed by atoms with Gasteiger partial charge in [0.05, 0.1) is 11.9 Å². The molecular weight excluding hydrogens is 276 g/mol. The van der Waals surface area contributed by atoms with Crippen molar-refractivity contribution in [3.8, 4) is 0 Å². The van der Waals surface area contributed by atoms with E-state index < -0.39 is 17.9 Å². The molecule has 0 aromatic carbocycles. The molecule has 8 nitrogen and oxygen atoms in total. The van der Waals surface area contributed by atoms with Crippen molar-refractivity contribution in [2.45, 2.75) is 13.8 Å². The third-order valence-corrected chi connectivity index (χ3v) is 2.45. The van der Waals surface area contributed by atoms with Gasteiger partial charge in [-0.3, -0.25) is 4.79 Å². The Bertz CT molecular complexity index is 527. The van der Waals surface area contributed by atoms with E-state index in [1.54, 1.807) is 0 Å². The number of aromatic nitrogens is 1. The highest BCUT2D eigenvalue weighted by Gasteiger charge is 2.17. The van der Waals surface area contributed by atoms with Crippen molar-refractivity contribution in [2.24, 2.45) is 11.7 Å². The van der Waals surface area contributed by atoms with Gasteiger partial charge in [0.1, 0.15) is 12.2 Å². The zero-order valence-electron chi connectivity index (χ0n) is 11.9. The quantitative estimate of drug-likeness (QED) is 0.714. The first kappa shape index (κ1) is 16.4. The molecule has 0 aliphatic rings. The lowest BCUT2D eigenvalue weighted by Gasteiger charge is -2.23. The first-order valence-electron chi connectivity index (χ1n) is 6.33. The number of carboxylic acid groups (broad SMARTS) is 1. The van der Waals surface area contributed by atoms with Crippen LogP contribution in [0.3, 0.4) is 0 Å². The Labute approximate surface area is 121 Å². The van der Waals surface area contributed by atoms with Crippen molar-refractivity contribution in [3.63, 3.8) is 0 Å². The third-order valence-electron chi connectivity index (χ3n) is 2.45. The predicted molar refractivity (Wildman–Crippen MR) is 75.8 cm³/mol. The molecule has 0 atom stereocenters. The molecule has 21 heavy (non-hydrogen) atoms. The Morgan fingerprint density at radius 1 is 1.38 bits per heavy atom. The minimum absolute atomic E-state index is 0.121. The Morgan fingerprint density at radius 3 is 2.48 bits per heavy atom. The summed E-state index contributed by atoms with van der Waals surface area (Å²) in [6, 6.07) is 2.21. The van der Waals surface area contributed by atoms with Gasteiger partial charge in [-0.2, -0.15) is 0 Å². The summed E-state index contributed by atoms with van der Waals surface area (Å²) in [5.41, 5.74) is 5.33. The lowest BCUT2D eigenvalue weighted by Crippen LogP contribution is -2.42. The lowest BCUT2D eigenvalue weighted by atomic mass is 10.2. The lowest BCUT2D eigenvalue weighted by molar-refractivity contribution is -0.118. The van der Waals surface area contributed by atoms with Crippen molar-refractivity contribution < 1.29 is 19.5 Å². The van der Waals surface area contributed by atoms with E-state index in [2.05, 4.69) is 10.3 Å². The maximum Gasteiger partial charge on any atom is 0.354 e. The third kappa shape index (κ3) is 5.47. The summed E-state index contributed by atoms with van der Waals surface area (Å²) in [5, 5.41) is 11.3. The van der Waals surface area contributed by atoms with Crippen LogP contribution < -0.4 is 11.1 Å². The first-order valence-corrected chi connectivity index (χ1v) is 6.33. The van der Waals surface area contributed by atoms with E-state index in [0.29, 0.717) is 12.2 Å². The van der Waals surface area contributed by atoms with Gasteiger partial charge in [0.25, 0.3) is 0 Å². The van der Waals surface area contributed by atoms with Crippen LogP contribution in [0.25, 0.3) is 0 Å². The molecule has 0 spiro atoms. The van der Waals surface area contributed by atoms with E-state index >= 15 is 0 Å². The molecule has 3 amide bonds. The molecule has 0 bridgehead atoms. The highest BCUT2D eigenvalue weighted by atomic mass is 16.4. The minimum atomic E-state index is -1.15. The zero-order chi connectivity index (χ0) is 16.0. The average molecular weight is 294 g/mol. The number of hydrogen-bond acceptors (Lipinski definition) is 4. The molecule has 0 fully saturated rings. The molecule has 114 valence electrons. The van der Waals surface area contributed by atoms with Crippen LogP contribution in [0.15, 0.2) is 18.3 Å². The number of hydrogen-bond donors (Lipinski definition) is 3. The Morgan fingerprint density at radius 2 is 2.05 bits per heavy atom. The second-order valence-electron chi connectivity index (χ2n) is 4.91. The van der Waals surface area contributed by atoms with Crippen molar-refractivity contribution in [1.82, 2.24) is 9.88 Å². The zero-order valence-corrected chi connectivity index (χ0v) is 11.9. The summed E-state index contributed by atoms with van der Waals surface area (Å²) in [6.07, 6.45) is 1.24. The number of carbonyl (C=O) groups excluding carboxylic acids is 2. The summed E-state index contributed by atoms with van der Waals surface area (Å²) in [6.45, 7) is 4.00. The monoisotopic (exact) mass is 294 g/mol. The van der Waals surface area contributed by atoms with Gasteiger partial charge in [0, 0.05) is 6.54 Å². The van der Waals surface area contributed by atoms with Gasteiger partial charge in [0.15, 0.2) is 0 Å². The number of nitrogens with two attached hydrogens (primary N) is 1. The average Bonchev–Trinajstić information content (AvgIpc) is 2.37. The molecule has 1 aromatic heterocycles. The number of pyridine rings is 1. The molecule has 1 rings (SSSR count). The molecule has 0 aliphatic heterocycles. The molecular formula is C13H18N4O4. The topological polar surface area (TPSA) is 126 Å². The maximum atomic E-state index is 12.1. The number of aromatic carboxylic acids is 1. The van der Waals surface area contributed by atoms with Gasteiger partial charge in [-0.1, -0.05) is 13.8 Å². The van der Waals surface area contributed by atoms with E-state index in [9.17, 15) is 14.4 Å². The number of nitrogens with one attached hydrogen (secondary N) is 1. The number of primary amides is 1. The van der Waals surface area contributed by atoms with E-state index in [0.717, 1.165) is 0 Å². The fourth-order valence-corrected chi connectivity index (χ4v) is 1.64. The SMILES string of the molecule is CC(C)CN(CC(N)=O)C(=O)Nc1ccc(C(=O)O)nc1. The Kier molecular flexibility index (Phi) is 5.65. The number of carbonyl (C=O) groups is 3. The Hall–Kier alpha value is -2.64. The van der Waals surface area contributed by atoms with E-state index in [1.807, 2.05) is 13.8 Å². The smallest absolute Gasteiger partial charge is 0.354 e. The largest absolute Gasteiger partial charge is 0.477 e. The molecule has 4 N–H and O–H groups in total. The van der Waals surface area contributed by atoms with E-state index in [1.165, 1.54) is 23.2 Å². The summed E-state index contributed by atoms with van der Waals surface area (Å²) in [7, 11) is 0. The fourth-order valence-electron chi connectivity index (χ4n) is 1.64. The minimum Gasteiger partial charge on any atom is -0.477 e. The highest BCUT2D eigenvalue weighted by Crippen LogP contribution is 2.08. The molecule has 0 saturated heterocycles. The van der Waals surface area contributed by atoms with Gasteiger partial charge in [-0.15, -0.1) is 0 Å². The molecule has 8 heteroatoms. The summed E-state index contributed by atoms with van der Waals surface area (Å²) < 4.78 is 0. The van der Waals surface area contributed by atoms with Crippen LogP contribution in [-0.2, 0) is 4.79 Å². The van der Waals surface area contributed by atoms with Gasteiger partial charge in [-0.25, -0.2) is 14.6 Å². The van der Waals surface area contributed by atoms with Crippen LogP contribution >= 0.6 is 0 Å². The molecule has 0 radical (unpaired) electrons. The van der Waals surface area contributed by atoms with Crippen LogP contribution in [0.5, 0.6) is 0 Å².